The average Bonchev–Trinajstić information content (AvgIpc) is 3.49. The molecule has 1 amide bonds. The Balaban J connectivity index is 1.49. The lowest BCUT2D eigenvalue weighted by molar-refractivity contribution is -0.0921. The van der Waals surface area contributed by atoms with Crippen LogP contribution in [0.4, 0.5) is 9.18 Å². The molecular formula is C19H19BrFN6O7S2-. The van der Waals surface area contributed by atoms with E-state index in [2.05, 4.69) is 31.4 Å². The highest BCUT2D eigenvalue weighted by Crippen LogP contribution is 2.35. The molecule has 13 nitrogen and oxygen atoms in total. The Morgan fingerprint density at radius 1 is 1.36 bits per heavy atom. The number of thioether (sulfide) groups is 1. The van der Waals surface area contributed by atoms with Crippen LogP contribution in [0.5, 0.6) is 0 Å². The number of rotatable bonds is 6. The normalized spacial score (nSPS) is 17.3. The third kappa shape index (κ3) is 5.54. The molecule has 1 aliphatic rings. The molecule has 36 heavy (non-hydrogen) atoms. The molecule has 4 rings (SSSR count). The SMILES string of the molecule is CC(C)(C)N(C(=O)ON1CC[C@H](Sc2nonc2-c2noc(=O)n2-c2ccc(F)c(Br)c2)C1)S(=O)[O-]. The summed E-state index contributed by atoms with van der Waals surface area (Å²) < 4.78 is 48.2. The van der Waals surface area contributed by atoms with E-state index in [1.54, 1.807) is 20.8 Å². The summed E-state index contributed by atoms with van der Waals surface area (Å²) in [6.45, 7) is 5.33. The highest BCUT2D eigenvalue weighted by atomic mass is 79.9. The largest absolute Gasteiger partial charge is 0.755 e. The van der Waals surface area contributed by atoms with Crippen molar-refractivity contribution in [3.63, 3.8) is 0 Å². The van der Waals surface area contributed by atoms with Crippen LogP contribution in [0.25, 0.3) is 17.2 Å². The number of carbonyl (C=O) groups is 1. The number of hydrogen-bond acceptors (Lipinski definition) is 12. The number of halogens is 2. The Hall–Kier alpha value is -2.60. The van der Waals surface area contributed by atoms with Gasteiger partial charge in [0, 0.05) is 18.3 Å². The maximum atomic E-state index is 13.7. The molecule has 1 unspecified atom stereocenters. The van der Waals surface area contributed by atoms with Gasteiger partial charge in [-0.05, 0) is 71.6 Å². The van der Waals surface area contributed by atoms with Crippen LogP contribution in [0.3, 0.4) is 0 Å². The maximum absolute atomic E-state index is 13.7. The van der Waals surface area contributed by atoms with Crippen molar-refractivity contribution in [1.29, 1.82) is 0 Å². The fraction of sp³-hybridized carbons (Fsp3) is 0.421. The molecule has 2 aromatic heterocycles. The summed E-state index contributed by atoms with van der Waals surface area (Å²) in [5, 5.41) is 13.1. The van der Waals surface area contributed by atoms with Gasteiger partial charge < -0.3 is 9.39 Å². The van der Waals surface area contributed by atoms with E-state index in [1.165, 1.54) is 35.0 Å². The van der Waals surface area contributed by atoms with Gasteiger partial charge in [0.05, 0.1) is 27.0 Å². The molecular weight excluding hydrogens is 587 g/mol. The Morgan fingerprint density at radius 3 is 2.78 bits per heavy atom. The summed E-state index contributed by atoms with van der Waals surface area (Å²) >= 11 is 1.53. The third-order valence-corrected chi connectivity index (χ3v) is 7.77. The predicted octanol–water partition coefficient (Wildman–Crippen LogP) is 2.89. The molecule has 1 fully saturated rings. The van der Waals surface area contributed by atoms with Gasteiger partial charge in [0.25, 0.3) is 0 Å². The zero-order chi connectivity index (χ0) is 26.2. The topological polar surface area (TPSA) is 160 Å². The van der Waals surface area contributed by atoms with Gasteiger partial charge in [-0.15, -0.1) is 5.06 Å². The minimum Gasteiger partial charge on any atom is -0.755 e. The van der Waals surface area contributed by atoms with Crippen molar-refractivity contribution in [2.45, 2.75) is 43.0 Å². The van der Waals surface area contributed by atoms with Crippen molar-refractivity contribution in [2.75, 3.05) is 13.1 Å². The lowest BCUT2D eigenvalue weighted by Gasteiger charge is -2.35. The van der Waals surface area contributed by atoms with Crippen LogP contribution in [0, 0.1) is 5.82 Å². The van der Waals surface area contributed by atoms with Crippen molar-refractivity contribution >= 4 is 45.1 Å². The molecule has 1 aromatic carbocycles. The van der Waals surface area contributed by atoms with Crippen LogP contribution < -0.4 is 5.76 Å². The summed E-state index contributed by atoms with van der Waals surface area (Å²) in [7, 11) is 0. The number of benzene rings is 1. The minimum absolute atomic E-state index is 0.00211. The first-order chi connectivity index (χ1) is 17.0. The van der Waals surface area contributed by atoms with Gasteiger partial charge in [-0.1, -0.05) is 16.9 Å². The highest BCUT2D eigenvalue weighted by molar-refractivity contribution is 9.10. The molecule has 17 heteroatoms. The lowest BCUT2D eigenvalue weighted by atomic mass is 10.1. The summed E-state index contributed by atoms with van der Waals surface area (Å²) in [5.41, 5.74) is -0.587. The summed E-state index contributed by atoms with van der Waals surface area (Å²) in [5.74, 6) is -1.33. The first-order valence-corrected chi connectivity index (χ1v) is 13.1. The van der Waals surface area contributed by atoms with E-state index in [-0.39, 0.29) is 33.5 Å². The molecule has 0 saturated carbocycles. The molecule has 0 aliphatic carbocycles. The van der Waals surface area contributed by atoms with Gasteiger partial charge >= 0.3 is 11.8 Å². The van der Waals surface area contributed by atoms with Gasteiger partial charge in [-0.25, -0.2) is 27.5 Å². The zero-order valence-electron chi connectivity index (χ0n) is 19.0. The van der Waals surface area contributed by atoms with Gasteiger partial charge in [-0.2, -0.15) is 0 Å². The number of hydroxylamine groups is 2. The van der Waals surface area contributed by atoms with Crippen molar-refractivity contribution in [3.05, 3.63) is 39.0 Å². The number of amides is 1. The fourth-order valence-corrected chi connectivity index (χ4v) is 5.45. The molecule has 2 atom stereocenters. The lowest BCUT2D eigenvalue weighted by Crippen LogP contribution is -2.48. The predicted molar refractivity (Wildman–Crippen MR) is 126 cm³/mol. The molecule has 0 N–H and O–H groups in total. The van der Waals surface area contributed by atoms with E-state index < -0.39 is 34.5 Å². The molecule has 0 bridgehead atoms. The summed E-state index contributed by atoms with van der Waals surface area (Å²) in [4.78, 5) is 30.0. The standard InChI is InChI=1S/C19H20BrFN6O7S2/c1-19(2,3)27(36(30)31)18(29)33-25-7-6-11(9-25)35-16-14(22-34-24-16)15-23-32-17(28)26(15)10-4-5-13(21)12(20)8-10/h4-5,8,11H,6-7,9H2,1-3H3,(H,30,31)/p-1/t11-/m0/s1. The Morgan fingerprint density at radius 2 is 2.11 bits per heavy atom. The quantitative estimate of drug-likeness (QED) is 0.378. The second-order valence-electron chi connectivity index (χ2n) is 8.58. The molecule has 0 spiro atoms. The Kier molecular flexibility index (Phi) is 7.65. The third-order valence-electron chi connectivity index (χ3n) is 4.95. The first kappa shape index (κ1) is 26.5. The first-order valence-electron chi connectivity index (χ1n) is 10.4. The number of carbonyl (C=O) groups excluding carboxylic acids is 1. The fourth-order valence-electron chi connectivity index (χ4n) is 3.39. The second-order valence-corrected chi connectivity index (χ2v) is 11.5. The van der Waals surface area contributed by atoms with Crippen molar-refractivity contribution < 1.29 is 31.9 Å². The van der Waals surface area contributed by atoms with Crippen LogP contribution in [-0.2, 0) is 16.1 Å². The second kappa shape index (κ2) is 10.4. The number of nitrogens with zero attached hydrogens (tertiary/aromatic N) is 6. The van der Waals surface area contributed by atoms with Crippen molar-refractivity contribution in [1.82, 2.24) is 29.4 Å². The van der Waals surface area contributed by atoms with E-state index in [4.69, 9.17) is 14.0 Å². The van der Waals surface area contributed by atoms with Gasteiger partial charge in [-0.3, -0.25) is 8.73 Å². The maximum Gasteiger partial charge on any atom is 0.446 e. The van der Waals surface area contributed by atoms with E-state index in [9.17, 15) is 22.7 Å². The molecule has 194 valence electrons. The van der Waals surface area contributed by atoms with Crippen molar-refractivity contribution in [2.24, 2.45) is 0 Å². The van der Waals surface area contributed by atoms with Crippen LogP contribution >= 0.6 is 27.7 Å². The molecule has 0 radical (unpaired) electrons. The van der Waals surface area contributed by atoms with E-state index in [0.717, 1.165) is 4.57 Å². The van der Waals surface area contributed by atoms with E-state index in [0.29, 0.717) is 22.3 Å². The Bertz CT molecular complexity index is 1360. The van der Waals surface area contributed by atoms with Crippen LogP contribution in [-0.4, -0.2) is 68.1 Å². The average molecular weight is 606 g/mol. The van der Waals surface area contributed by atoms with Crippen LogP contribution in [0.2, 0.25) is 0 Å². The minimum atomic E-state index is -2.80. The zero-order valence-corrected chi connectivity index (χ0v) is 22.3. The van der Waals surface area contributed by atoms with Crippen molar-refractivity contribution in [3.8, 4) is 17.2 Å². The van der Waals surface area contributed by atoms with E-state index >= 15 is 0 Å². The Labute approximate surface area is 218 Å². The van der Waals surface area contributed by atoms with E-state index in [1.807, 2.05) is 0 Å². The monoisotopic (exact) mass is 605 g/mol. The van der Waals surface area contributed by atoms with Gasteiger partial charge in [0.15, 0.2) is 10.7 Å². The summed E-state index contributed by atoms with van der Waals surface area (Å²) in [6, 6.07) is 3.94. The highest BCUT2D eigenvalue weighted by Gasteiger charge is 2.34. The molecule has 1 aliphatic heterocycles. The number of hydrogen-bond donors (Lipinski definition) is 0. The molecule has 3 aromatic rings. The number of aromatic nitrogens is 4. The van der Waals surface area contributed by atoms with Crippen LogP contribution in [0.15, 0.2) is 41.6 Å². The molecule has 1 saturated heterocycles. The van der Waals surface area contributed by atoms with Gasteiger partial charge in [0.2, 0.25) is 5.82 Å². The van der Waals surface area contributed by atoms with Crippen LogP contribution in [0.1, 0.15) is 27.2 Å². The summed E-state index contributed by atoms with van der Waals surface area (Å²) in [6.07, 6.45) is -0.445. The smallest absolute Gasteiger partial charge is 0.446 e. The molecule has 3 heterocycles. The van der Waals surface area contributed by atoms with Gasteiger partial charge in [0.1, 0.15) is 5.82 Å².